The van der Waals surface area contributed by atoms with E-state index in [2.05, 4.69) is 40.1 Å². The number of Topliss-reactive ketones (excluding diaryl/α,β-unsaturated/α-hetero) is 1. The van der Waals surface area contributed by atoms with Crippen LogP contribution in [0.15, 0.2) is 120 Å². The number of aromatic carboxylic acids is 1. The Labute approximate surface area is 421 Å². The molecular weight excluding hydrogens is 1010 g/mol. The van der Waals surface area contributed by atoms with Crippen LogP contribution in [-0.2, 0) is 6.42 Å². The van der Waals surface area contributed by atoms with Gasteiger partial charge in [-0.15, -0.1) is 0 Å². The lowest BCUT2D eigenvalue weighted by molar-refractivity contribution is 0.0685. The first-order valence-electron chi connectivity index (χ1n) is 20.7. The third kappa shape index (κ3) is 13.7. The number of hydrogen-bond donors (Lipinski definition) is 2. The van der Waals surface area contributed by atoms with Crippen LogP contribution in [0.1, 0.15) is 66.6 Å². The van der Waals surface area contributed by atoms with Gasteiger partial charge in [0, 0.05) is 60.1 Å². The lowest BCUT2D eigenvalue weighted by Gasteiger charge is -2.13. The molecule has 8 aromatic rings. The molecular formula is C47H37Cl4F2N11O7. The van der Waals surface area contributed by atoms with E-state index in [0.29, 0.717) is 22.6 Å². The number of carboxylic acids is 1. The molecule has 0 aliphatic carbocycles. The molecule has 0 saturated heterocycles. The van der Waals surface area contributed by atoms with Crippen molar-refractivity contribution in [3.05, 3.63) is 180 Å². The first-order chi connectivity index (χ1) is 33.8. The lowest BCUT2D eigenvalue weighted by Crippen LogP contribution is -2.26. The van der Waals surface area contributed by atoms with Gasteiger partial charge in [0.1, 0.15) is 27.5 Å². The summed E-state index contributed by atoms with van der Waals surface area (Å²) >= 11 is 23.6. The fraction of sp³-hybridized carbons (Fsp3) is 0.149. The Morgan fingerprint density at radius 3 is 1.42 bits per heavy atom. The van der Waals surface area contributed by atoms with Gasteiger partial charge in [0.05, 0.1) is 31.2 Å². The molecule has 0 saturated carbocycles. The maximum absolute atomic E-state index is 13.4. The molecule has 71 heavy (non-hydrogen) atoms. The molecule has 0 aliphatic rings. The quantitative estimate of drug-likeness (QED) is 0.0853. The van der Waals surface area contributed by atoms with Gasteiger partial charge in [-0.1, -0.05) is 70.7 Å². The van der Waals surface area contributed by atoms with Crippen molar-refractivity contribution in [2.45, 2.75) is 46.2 Å². The number of nitrogens with zero attached hydrogens (tertiary/aromatic N) is 10. The number of carbonyl (C=O) groups is 2. The van der Waals surface area contributed by atoms with Crippen LogP contribution < -0.4 is 26.1 Å². The number of ketones is 1. The second-order valence-corrected chi connectivity index (χ2v) is 16.6. The third-order valence-electron chi connectivity index (χ3n) is 9.43. The van der Waals surface area contributed by atoms with E-state index in [4.69, 9.17) is 66.7 Å². The van der Waals surface area contributed by atoms with Crippen LogP contribution in [0, 0.1) is 11.6 Å². The molecule has 0 amide bonds. The Morgan fingerprint density at radius 2 is 1.01 bits per heavy atom. The minimum atomic E-state index is -1.38. The Balaban J connectivity index is 0.000000193. The van der Waals surface area contributed by atoms with Crippen LogP contribution in [0.2, 0.25) is 20.4 Å². The van der Waals surface area contributed by atoms with Gasteiger partial charge < -0.3 is 20.3 Å². The van der Waals surface area contributed by atoms with E-state index in [-0.39, 0.29) is 78.9 Å². The average molecular weight is 1050 g/mol. The summed E-state index contributed by atoms with van der Waals surface area (Å²) < 4.78 is 40.2. The van der Waals surface area contributed by atoms with E-state index in [0.717, 1.165) is 0 Å². The Morgan fingerprint density at radius 1 is 0.620 bits per heavy atom. The number of hydrogen-bond acceptors (Lipinski definition) is 15. The molecule has 0 unspecified atom stereocenters. The summed E-state index contributed by atoms with van der Waals surface area (Å²) in [4.78, 5) is 72.8. The van der Waals surface area contributed by atoms with Gasteiger partial charge >= 0.3 is 5.97 Å². The normalized spacial score (nSPS) is 10.8. The largest absolute Gasteiger partial charge is 0.476 e. The number of anilines is 1. The topological polar surface area (TPSA) is 246 Å². The molecule has 0 spiro atoms. The monoisotopic (exact) mass is 1050 g/mol. The van der Waals surface area contributed by atoms with Gasteiger partial charge in [-0.3, -0.25) is 23.7 Å². The van der Waals surface area contributed by atoms with Crippen molar-refractivity contribution in [2.24, 2.45) is 0 Å². The van der Waals surface area contributed by atoms with Crippen molar-refractivity contribution in [3.63, 3.8) is 0 Å². The molecule has 0 fully saturated rings. The number of pyridine rings is 2. The molecule has 6 aromatic heterocycles. The van der Waals surface area contributed by atoms with Crippen molar-refractivity contribution in [2.75, 3.05) is 5.73 Å². The number of nitrogen functional groups attached to an aromatic ring is 1. The SMILES string of the molecule is CC(C)n1cc(-c2ccc(F)cc2)c(=O)c(C(=O)Cc2ncc(Oc3ccnc(Cl)c3Cl)cn2)n1.CC(C)n1cc(-c2ccc(F)cc2)c(=O)c(C(=O)O)n1.Nc1ncc(Oc2ccnc(Cl)c2Cl)cn1. The van der Waals surface area contributed by atoms with Crippen molar-refractivity contribution >= 4 is 64.1 Å². The standard InChI is InChI=1S/C24H18Cl2FN5O3.C14H13FN2O3.C9H6Cl2N4O/c1-13(2)32-12-17(14-3-5-15(27)6-4-14)23(34)22(31-32)18(33)9-20-29-10-16(11-30-20)35-19-7-8-28-24(26)21(19)25;1-8(2)17-7-11(9-3-5-10(15)6-4-9)13(18)12(16-17)14(19)20;10-7-6(1-2-13-8(7)11)16-5-3-14-9(12)15-4-5/h3-8,10-13H,9H2,1-2H3;3-8H,1-2H3,(H,19,20);1-4H,(H2,12,14,15). The molecule has 0 aliphatic heterocycles. The number of nitrogens with two attached hydrogens (primary N) is 1. The summed E-state index contributed by atoms with van der Waals surface area (Å²) in [6.07, 6.45) is 11.3. The van der Waals surface area contributed by atoms with Crippen LogP contribution in [0.5, 0.6) is 23.0 Å². The average Bonchev–Trinajstić information content (AvgIpc) is 3.34. The first kappa shape index (κ1) is 52.6. The molecule has 8 rings (SSSR count). The minimum Gasteiger partial charge on any atom is -0.476 e. The van der Waals surface area contributed by atoms with Crippen LogP contribution in [0.25, 0.3) is 22.3 Å². The minimum absolute atomic E-state index is 0.0923. The number of aromatic nitrogens is 10. The van der Waals surface area contributed by atoms with Gasteiger partial charge in [0.25, 0.3) is 0 Å². The van der Waals surface area contributed by atoms with Crippen LogP contribution in [0.4, 0.5) is 14.7 Å². The predicted octanol–water partition coefficient (Wildman–Crippen LogP) is 10.2. The highest BCUT2D eigenvalue weighted by molar-refractivity contribution is 6.42. The molecule has 2 aromatic carbocycles. The fourth-order valence-corrected chi connectivity index (χ4v) is 6.45. The van der Waals surface area contributed by atoms with Crippen LogP contribution in [0.3, 0.4) is 0 Å². The molecule has 3 N–H and O–H groups in total. The highest BCUT2D eigenvalue weighted by Crippen LogP contribution is 2.34. The zero-order chi connectivity index (χ0) is 51.5. The lowest BCUT2D eigenvalue weighted by atomic mass is 10.0. The summed E-state index contributed by atoms with van der Waals surface area (Å²) in [7, 11) is 0. The number of carbonyl (C=O) groups excluding carboxylic acids is 1. The summed E-state index contributed by atoms with van der Waals surface area (Å²) in [5, 5.41) is 17.7. The zero-order valence-electron chi connectivity index (χ0n) is 37.5. The number of ether oxygens (including phenoxy) is 2. The number of carboxylic acid groups (broad SMARTS) is 1. The number of benzene rings is 2. The van der Waals surface area contributed by atoms with Gasteiger partial charge in [-0.25, -0.2) is 43.5 Å². The van der Waals surface area contributed by atoms with Crippen LogP contribution in [-0.4, -0.2) is 66.3 Å². The van der Waals surface area contributed by atoms with Gasteiger partial charge in [-0.05, 0) is 63.1 Å². The van der Waals surface area contributed by atoms with E-state index in [1.165, 1.54) is 107 Å². The second-order valence-electron chi connectivity index (χ2n) is 15.2. The molecule has 24 heteroatoms. The Kier molecular flexibility index (Phi) is 17.5. The number of rotatable bonds is 12. The second kappa shape index (κ2) is 23.7. The van der Waals surface area contributed by atoms with Gasteiger partial charge in [0.2, 0.25) is 22.5 Å². The van der Waals surface area contributed by atoms with E-state index in [1.54, 1.807) is 12.3 Å². The van der Waals surface area contributed by atoms with Gasteiger partial charge in [0.15, 0.2) is 44.8 Å². The molecule has 6 heterocycles. The highest BCUT2D eigenvalue weighted by Gasteiger charge is 2.21. The van der Waals surface area contributed by atoms with Gasteiger partial charge in [-0.2, -0.15) is 10.2 Å². The highest BCUT2D eigenvalue weighted by atomic mass is 35.5. The van der Waals surface area contributed by atoms with E-state index in [9.17, 15) is 28.0 Å². The van der Waals surface area contributed by atoms with E-state index in [1.807, 2.05) is 27.7 Å². The van der Waals surface area contributed by atoms with Crippen molar-refractivity contribution in [1.82, 2.24) is 49.5 Å². The zero-order valence-corrected chi connectivity index (χ0v) is 40.5. The maximum Gasteiger partial charge on any atom is 0.360 e. The Hall–Kier alpha value is -7.78. The molecule has 0 bridgehead atoms. The summed E-state index contributed by atoms with van der Waals surface area (Å²) in [6, 6.07) is 13.7. The van der Waals surface area contributed by atoms with E-state index < -0.39 is 39.9 Å². The van der Waals surface area contributed by atoms with Crippen LogP contribution >= 0.6 is 46.4 Å². The molecule has 18 nitrogen and oxygen atoms in total. The molecule has 364 valence electrons. The van der Waals surface area contributed by atoms with E-state index >= 15 is 0 Å². The third-order valence-corrected chi connectivity index (χ3v) is 10.9. The molecule has 0 atom stereocenters. The summed E-state index contributed by atoms with van der Waals surface area (Å²) in [5.41, 5.74) is 4.68. The smallest absolute Gasteiger partial charge is 0.360 e. The first-order valence-corrected chi connectivity index (χ1v) is 22.2. The fourth-order valence-electron chi connectivity index (χ4n) is 5.85. The summed E-state index contributed by atoms with van der Waals surface area (Å²) in [6.45, 7) is 7.36. The summed E-state index contributed by atoms with van der Waals surface area (Å²) in [5.74, 6) is -1.10. The maximum atomic E-state index is 13.4. The predicted molar refractivity (Wildman–Crippen MR) is 261 cm³/mol. The number of halogens is 6. The molecule has 0 radical (unpaired) electrons. The Bertz CT molecular complexity index is 3310. The van der Waals surface area contributed by atoms with Crippen molar-refractivity contribution in [1.29, 1.82) is 0 Å². The van der Waals surface area contributed by atoms with Crippen molar-refractivity contribution in [3.8, 4) is 45.3 Å². The van der Waals surface area contributed by atoms with Crippen molar-refractivity contribution < 1.29 is 33.0 Å².